The van der Waals surface area contributed by atoms with Crippen molar-refractivity contribution in [2.75, 3.05) is 0 Å². The number of hydrogen-bond acceptors (Lipinski definition) is 8. The Kier molecular flexibility index (Phi) is 6.11. The van der Waals surface area contributed by atoms with Gasteiger partial charge in [-0.05, 0) is 12.3 Å². The maximum atomic E-state index is 11.4. The first kappa shape index (κ1) is 17.9. The second-order valence-electron chi connectivity index (χ2n) is 5.27. The zero-order chi connectivity index (χ0) is 16.1. The van der Waals surface area contributed by atoms with E-state index in [1.165, 1.54) is 0 Å². The fraction of sp³-hybridized carbons (Fsp3) is 0.833. The van der Waals surface area contributed by atoms with Crippen LogP contribution in [-0.2, 0) is 33.1 Å². The summed E-state index contributed by atoms with van der Waals surface area (Å²) in [4.78, 5) is 22.6. The summed E-state index contributed by atoms with van der Waals surface area (Å²) in [6.45, 7) is 4.05. The van der Waals surface area contributed by atoms with Crippen LogP contribution >= 0.6 is 0 Å². The van der Waals surface area contributed by atoms with Crippen molar-refractivity contribution in [2.45, 2.75) is 58.3 Å². The number of aliphatic hydroxyl groups is 1. The molecule has 0 bridgehead atoms. The number of cyclic esters (lactones) is 1. The molecule has 1 aliphatic rings. The molecule has 122 valence electrons. The molecule has 1 N–H and O–H groups in total. The highest BCUT2D eigenvalue weighted by Crippen LogP contribution is 2.25. The summed E-state index contributed by atoms with van der Waals surface area (Å²) in [6, 6.07) is 0. The Bertz CT molecular complexity index is 483. The van der Waals surface area contributed by atoms with E-state index in [2.05, 4.69) is 13.1 Å². The van der Waals surface area contributed by atoms with Crippen LogP contribution in [0.15, 0.2) is 0 Å². The predicted octanol–water partition coefficient (Wildman–Crippen LogP) is 0.990. The van der Waals surface area contributed by atoms with Crippen LogP contribution in [0.3, 0.4) is 0 Å². The summed E-state index contributed by atoms with van der Waals surface area (Å²) in [5, 5.41) is 10.0. The van der Waals surface area contributed by atoms with Gasteiger partial charge in [-0.3, -0.25) is 9.59 Å². The van der Waals surface area contributed by atoms with E-state index < -0.39 is 41.2 Å². The van der Waals surface area contributed by atoms with Crippen LogP contribution in [-0.4, -0.2) is 31.4 Å². The molecule has 1 heterocycles. The quantitative estimate of drug-likeness (QED) is 0.588. The highest BCUT2D eigenvalue weighted by molar-refractivity contribution is 7.82. The highest BCUT2D eigenvalue weighted by atomic mass is 32.3. The van der Waals surface area contributed by atoms with Crippen LogP contribution in [0.4, 0.5) is 0 Å². The Morgan fingerprint density at radius 3 is 2.43 bits per heavy atom. The van der Waals surface area contributed by atoms with Gasteiger partial charge >= 0.3 is 28.3 Å². The molecule has 1 atom stereocenters. The number of carbonyl (C=O) groups is 2. The van der Waals surface area contributed by atoms with Gasteiger partial charge in [0, 0.05) is 6.42 Å². The van der Waals surface area contributed by atoms with Gasteiger partial charge in [0.1, 0.15) is 0 Å². The molecular weight excluding hydrogens is 304 g/mol. The Morgan fingerprint density at radius 1 is 1.19 bits per heavy atom. The first-order chi connectivity index (χ1) is 9.62. The highest BCUT2D eigenvalue weighted by Gasteiger charge is 2.41. The molecular formula is C12H20O8S. The Hall–Kier alpha value is -1.19. The first-order valence-corrected chi connectivity index (χ1v) is 8.07. The number of hydrogen-bond donors (Lipinski definition) is 1. The van der Waals surface area contributed by atoms with E-state index in [9.17, 15) is 23.1 Å². The third kappa shape index (κ3) is 6.87. The molecule has 1 aliphatic heterocycles. The molecule has 0 aromatic heterocycles. The van der Waals surface area contributed by atoms with E-state index in [4.69, 9.17) is 0 Å². The summed E-state index contributed by atoms with van der Waals surface area (Å²) < 4.78 is 35.9. The molecule has 0 spiro atoms. The van der Waals surface area contributed by atoms with Gasteiger partial charge in [0.2, 0.25) is 0 Å². The van der Waals surface area contributed by atoms with Gasteiger partial charge in [0.05, 0.1) is 12.8 Å². The third-order valence-electron chi connectivity index (χ3n) is 2.76. The van der Waals surface area contributed by atoms with E-state index in [1.54, 1.807) is 0 Å². The van der Waals surface area contributed by atoms with Gasteiger partial charge < -0.3 is 14.0 Å². The second-order valence-corrected chi connectivity index (χ2v) is 6.42. The summed E-state index contributed by atoms with van der Waals surface area (Å²) in [6.07, 6.45) is 0.844. The van der Waals surface area contributed by atoms with Crippen LogP contribution < -0.4 is 0 Å². The number of unbranched alkanes of at least 4 members (excludes halogenated alkanes) is 1. The number of esters is 1. The van der Waals surface area contributed by atoms with E-state index in [0.29, 0.717) is 18.8 Å². The van der Waals surface area contributed by atoms with Crippen LogP contribution in [0.25, 0.3) is 0 Å². The molecule has 0 aliphatic carbocycles. The molecule has 0 aromatic rings. The molecule has 9 heteroatoms. The predicted molar refractivity (Wildman–Crippen MR) is 69.7 cm³/mol. The molecule has 0 saturated carbocycles. The number of carbonyl (C=O) groups excluding carboxylic acids is 2. The second kappa shape index (κ2) is 7.19. The van der Waals surface area contributed by atoms with Crippen molar-refractivity contribution in [3.8, 4) is 0 Å². The van der Waals surface area contributed by atoms with Crippen molar-refractivity contribution in [3.63, 3.8) is 0 Å². The summed E-state index contributed by atoms with van der Waals surface area (Å²) in [5.41, 5.74) is 0. The van der Waals surface area contributed by atoms with Crippen LogP contribution in [0.5, 0.6) is 0 Å². The van der Waals surface area contributed by atoms with Gasteiger partial charge in [0.15, 0.2) is 0 Å². The topological polar surface area (TPSA) is 116 Å². The molecule has 0 radical (unpaired) electrons. The smallest absolute Gasteiger partial charge is 0.407 e. The van der Waals surface area contributed by atoms with Gasteiger partial charge in [0.25, 0.3) is 0 Å². The lowest BCUT2D eigenvalue weighted by atomic mass is 10.0. The average Bonchev–Trinajstić information content (AvgIpc) is 2.33. The SMILES string of the molecule is CC(C)CCCCC1(O)OC(=O)CCC(=O)OS(=O)(=O)O1. The van der Waals surface area contributed by atoms with Crippen LogP contribution in [0.2, 0.25) is 0 Å². The van der Waals surface area contributed by atoms with Gasteiger partial charge in [-0.25, -0.2) is 0 Å². The molecule has 1 unspecified atom stereocenters. The Labute approximate surface area is 123 Å². The van der Waals surface area contributed by atoms with E-state index in [-0.39, 0.29) is 6.42 Å². The summed E-state index contributed by atoms with van der Waals surface area (Å²) in [7, 11) is -4.78. The Morgan fingerprint density at radius 2 is 1.81 bits per heavy atom. The molecule has 21 heavy (non-hydrogen) atoms. The lowest BCUT2D eigenvalue weighted by Gasteiger charge is -2.25. The maximum absolute atomic E-state index is 11.4. The van der Waals surface area contributed by atoms with Gasteiger partial charge in [-0.15, -0.1) is 0 Å². The van der Waals surface area contributed by atoms with Crippen molar-refractivity contribution in [1.82, 2.24) is 0 Å². The van der Waals surface area contributed by atoms with Crippen LogP contribution in [0.1, 0.15) is 52.4 Å². The molecule has 8 nitrogen and oxygen atoms in total. The lowest BCUT2D eigenvalue weighted by Crippen LogP contribution is -2.40. The fourth-order valence-electron chi connectivity index (χ4n) is 1.78. The van der Waals surface area contributed by atoms with Crippen molar-refractivity contribution < 1.29 is 36.2 Å². The van der Waals surface area contributed by atoms with Crippen molar-refractivity contribution in [3.05, 3.63) is 0 Å². The monoisotopic (exact) mass is 324 g/mol. The standard InChI is InChI=1S/C12H20O8S/c1-9(2)5-3-4-8-12(15)18-10(13)6-7-11(14)19-21(16,17)20-12/h9,15H,3-8H2,1-2H3. The molecule has 0 amide bonds. The van der Waals surface area contributed by atoms with E-state index in [0.717, 1.165) is 6.42 Å². The maximum Gasteiger partial charge on any atom is 0.456 e. The van der Waals surface area contributed by atoms with Crippen LogP contribution in [0, 0.1) is 5.92 Å². The normalized spacial score (nSPS) is 26.5. The van der Waals surface area contributed by atoms with Crippen molar-refractivity contribution in [1.29, 1.82) is 0 Å². The fourth-order valence-corrected chi connectivity index (χ4v) is 2.56. The van der Waals surface area contributed by atoms with Crippen molar-refractivity contribution >= 4 is 22.3 Å². The minimum Gasteiger partial charge on any atom is -0.407 e. The largest absolute Gasteiger partial charge is 0.456 e. The van der Waals surface area contributed by atoms with E-state index >= 15 is 0 Å². The number of rotatable bonds is 5. The Balaban J connectivity index is 2.74. The number of ether oxygens (including phenoxy) is 1. The molecule has 1 fully saturated rings. The minimum atomic E-state index is -4.78. The lowest BCUT2D eigenvalue weighted by molar-refractivity contribution is -0.305. The van der Waals surface area contributed by atoms with Gasteiger partial charge in [-0.1, -0.05) is 26.7 Å². The zero-order valence-electron chi connectivity index (χ0n) is 12.0. The van der Waals surface area contributed by atoms with Crippen molar-refractivity contribution in [2.24, 2.45) is 5.92 Å². The minimum absolute atomic E-state index is 0.234. The molecule has 1 saturated heterocycles. The summed E-state index contributed by atoms with van der Waals surface area (Å²) in [5.74, 6) is -4.27. The average molecular weight is 324 g/mol. The molecule has 0 aromatic carbocycles. The first-order valence-electron chi connectivity index (χ1n) is 6.74. The van der Waals surface area contributed by atoms with E-state index in [1.807, 2.05) is 13.8 Å². The molecule has 1 rings (SSSR count). The van der Waals surface area contributed by atoms with Gasteiger partial charge in [-0.2, -0.15) is 12.6 Å². The zero-order valence-corrected chi connectivity index (χ0v) is 12.8. The summed E-state index contributed by atoms with van der Waals surface area (Å²) >= 11 is 0. The third-order valence-corrected chi connectivity index (χ3v) is 3.61.